The van der Waals surface area contributed by atoms with Crippen LogP contribution in [0.2, 0.25) is 5.02 Å². The number of phenols is 1. The van der Waals surface area contributed by atoms with Crippen LogP contribution in [0, 0.1) is 6.92 Å². The van der Waals surface area contributed by atoms with E-state index >= 15 is 0 Å². The summed E-state index contributed by atoms with van der Waals surface area (Å²) in [6, 6.07) is 15.3. The molecule has 0 bridgehead atoms. The fourth-order valence-electron chi connectivity index (χ4n) is 4.69. The normalized spacial score (nSPS) is 13.7. The van der Waals surface area contributed by atoms with Gasteiger partial charge in [0.1, 0.15) is 5.75 Å². The van der Waals surface area contributed by atoms with Gasteiger partial charge in [0, 0.05) is 43.7 Å². The molecule has 7 nitrogen and oxygen atoms in total. The van der Waals surface area contributed by atoms with Crippen molar-refractivity contribution >= 4 is 11.6 Å². The molecule has 0 unspecified atom stereocenters. The number of hydrogen-bond acceptors (Lipinski definition) is 6. The summed E-state index contributed by atoms with van der Waals surface area (Å²) >= 11 is 6.12. The standard InChI is InChI=1S/C27H27ClN4O3/c1-3-26-29-25(30-35-26)16-32-23-10-11-31(14-18-8-9-24(33)22(28)12-18)15-19(23)13-21(27(32)34)20-7-5-4-6-17(20)2/h4-9,12-13,33H,3,10-11,14-16H2,1-2H3. The van der Waals surface area contributed by atoms with Gasteiger partial charge in [-0.25, -0.2) is 0 Å². The van der Waals surface area contributed by atoms with E-state index < -0.39 is 0 Å². The molecule has 0 saturated heterocycles. The summed E-state index contributed by atoms with van der Waals surface area (Å²) in [5.41, 5.74) is 5.76. The van der Waals surface area contributed by atoms with Crippen LogP contribution in [-0.4, -0.2) is 31.3 Å². The average Bonchev–Trinajstić information content (AvgIpc) is 3.31. The highest BCUT2D eigenvalue weighted by Crippen LogP contribution is 2.28. The van der Waals surface area contributed by atoms with Gasteiger partial charge in [0.25, 0.3) is 5.56 Å². The first kappa shape index (κ1) is 23.3. The minimum Gasteiger partial charge on any atom is -0.506 e. The third-order valence-electron chi connectivity index (χ3n) is 6.52. The lowest BCUT2D eigenvalue weighted by atomic mass is 9.96. The molecule has 5 rings (SSSR count). The van der Waals surface area contributed by atoms with Crippen molar-refractivity contribution in [1.29, 1.82) is 0 Å². The van der Waals surface area contributed by atoms with E-state index in [2.05, 4.69) is 15.0 Å². The van der Waals surface area contributed by atoms with Crippen LogP contribution in [0.1, 0.15) is 41.0 Å². The fraction of sp³-hybridized carbons (Fsp3) is 0.296. The van der Waals surface area contributed by atoms with Crippen molar-refractivity contribution in [2.24, 2.45) is 0 Å². The predicted octanol–water partition coefficient (Wildman–Crippen LogP) is 4.73. The highest BCUT2D eigenvalue weighted by Gasteiger charge is 2.24. The first-order valence-electron chi connectivity index (χ1n) is 11.8. The van der Waals surface area contributed by atoms with E-state index in [1.165, 1.54) is 0 Å². The molecule has 35 heavy (non-hydrogen) atoms. The van der Waals surface area contributed by atoms with Crippen LogP contribution >= 0.6 is 11.6 Å². The zero-order chi connectivity index (χ0) is 24.5. The van der Waals surface area contributed by atoms with Crippen molar-refractivity contribution in [2.75, 3.05) is 6.54 Å². The quantitative estimate of drug-likeness (QED) is 0.420. The van der Waals surface area contributed by atoms with Crippen molar-refractivity contribution in [2.45, 2.75) is 46.3 Å². The van der Waals surface area contributed by atoms with Crippen LogP contribution in [0.15, 0.2) is 57.8 Å². The van der Waals surface area contributed by atoms with Gasteiger partial charge in [0.15, 0.2) is 5.82 Å². The summed E-state index contributed by atoms with van der Waals surface area (Å²) in [6.45, 7) is 6.44. The lowest BCUT2D eigenvalue weighted by Crippen LogP contribution is -2.36. The molecule has 1 aliphatic rings. The molecule has 2 aromatic heterocycles. The Morgan fingerprint density at radius 3 is 2.69 bits per heavy atom. The molecule has 0 atom stereocenters. The Bertz CT molecular complexity index is 1440. The number of aryl methyl sites for hydroxylation is 2. The lowest BCUT2D eigenvalue weighted by molar-refractivity contribution is 0.240. The maximum absolute atomic E-state index is 13.7. The monoisotopic (exact) mass is 490 g/mol. The van der Waals surface area contributed by atoms with E-state index in [0.717, 1.165) is 40.9 Å². The number of pyridine rings is 1. The minimum atomic E-state index is -0.0420. The van der Waals surface area contributed by atoms with Crippen molar-refractivity contribution in [3.05, 3.63) is 98.0 Å². The van der Waals surface area contributed by atoms with Gasteiger partial charge in [-0.15, -0.1) is 0 Å². The number of nitrogens with zero attached hydrogens (tertiary/aromatic N) is 4. The molecule has 0 radical (unpaired) electrons. The second-order valence-electron chi connectivity index (χ2n) is 8.94. The molecule has 4 aromatic rings. The number of phenolic OH excluding ortho intramolecular Hbond substituents is 1. The Morgan fingerprint density at radius 1 is 1.11 bits per heavy atom. The van der Waals surface area contributed by atoms with Gasteiger partial charge in [-0.1, -0.05) is 54.0 Å². The van der Waals surface area contributed by atoms with Crippen LogP contribution in [0.5, 0.6) is 5.75 Å². The molecule has 0 saturated carbocycles. The largest absolute Gasteiger partial charge is 0.506 e. The molecular weight excluding hydrogens is 464 g/mol. The van der Waals surface area contributed by atoms with Gasteiger partial charge in [-0.05, 0) is 47.4 Å². The van der Waals surface area contributed by atoms with Gasteiger partial charge in [-0.2, -0.15) is 4.98 Å². The number of rotatable bonds is 6. The second kappa shape index (κ2) is 9.68. The molecule has 8 heteroatoms. The highest BCUT2D eigenvalue weighted by molar-refractivity contribution is 6.32. The Morgan fingerprint density at radius 2 is 1.94 bits per heavy atom. The van der Waals surface area contributed by atoms with E-state index in [1.807, 2.05) is 54.8 Å². The van der Waals surface area contributed by atoms with E-state index in [9.17, 15) is 9.90 Å². The number of aromatic nitrogens is 3. The maximum atomic E-state index is 13.7. The Balaban J connectivity index is 1.54. The van der Waals surface area contributed by atoms with Crippen LogP contribution in [0.3, 0.4) is 0 Å². The number of aromatic hydroxyl groups is 1. The summed E-state index contributed by atoms with van der Waals surface area (Å²) in [6.07, 6.45) is 1.38. The average molecular weight is 491 g/mol. The van der Waals surface area contributed by atoms with Crippen molar-refractivity contribution in [1.82, 2.24) is 19.6 Å². The topological polar surface area (TPSA) is 84.4 Å². The zero-order valence-corrected chi connectivity index (χ0v) is 20.5. The Hall–Kier alpha value is -3.42. The number of hydrogen-bond donors (Lipinski definition) is 1. The first-order valence-corrected chi connectivity index (χ1v) is 12.1. The van der Waals surface area contributed by atoms with Gasteiger partial charge < -0.3 is 14.2 Å². The van der Waals surface area contributed by atoms with Crippen LogP contribution in [-0.2, 0) is 32.5 Å². The first-order chi connectivity index (χ1) is 16.9. The van der Waals surface area contributed by atoms with Crippen molar-refractivity contribution < 1.29 is 9.63 Å². The predicted molar refractivity (Wildman–Crippen MR) is 135 cm³/mol. The Kier molecular flexibility index (Phi) is 6.45. The summed E-state index contributed by atoms with van der Waals surface area (Å²) in [7, 11) is 0. The van der Waals surface area contributed by atoms with Crippen molar-refractivity contribution in [3.63, 3.8) is 0 Å². The van der Waals surface area contributed by atoms with E-state index in [0.29, 0.717) is 41.8 Å². The molecule has 1 N–H and O–H groups in total. The minimum absolute atomic E-state index is 0.0420. The highest BCUT2D eigenvalue weighted by atomic mass is 35.5. The number of halogens is 1. The molecular formula is C27H27ClN4O3. The third-order valence-corrected chi connectivity index (χ3v) is 6.82. The summed E-state index contributed by atoms with van der Waals surface area (Å²) in [5, 5.41) is 14.2. The van der Waals surface area contributed by atoms with E-state index in [-0.39, 0.29) is 17.9 Å². The summed E-state index contributed by atoms with van der Waals surface area (Å²) in [4.78, 5) is 20.5. The molecule has 0 fully saturated rings. The molecule has 0 aliphatic carbocycles. The van der Waals surface area contributed by atoms with E-state index in [1.54, 1.807) is 12.1 Å². The molecule has 180 valence electrons. The number of benzene rings is 2. The third kappa shape index (κ3) is 4.74. The van der Waals surface area contributed by atoms with Crippen LogP contribution < -0.4 is 5.56 Å². The van der Waals surface area contributed by atoms with E-state index in [4.69, 9.17) is 16.1 Å². The van der Waals surface area contributed by atoms with Crippen molar-refractivity contribution in [3.8, 4) is 16.9 Å². The molecule has 3 heterocycles. The van der Waals surface area contributed by atoms with Gasteiger partial charge in [-0.3, -0.25) is 9.69 Å². The van der Waals surface area contributed by atoms with Gasteiger partial charge in [0.2, 0.25) is 5.89 Å². The molecule has 1 aliphatic heterocycles. The fourth-order valence-corrected chi connectivity index (χ4v) is 4.90. The lowest BCUT2D eigenvalue weighted by Gasteiger charge is -2.31. The van der Waals surface area contributed by atoms with Crippen LogP contribution in [0.25, 0.3) is 11.1 Å². The van der Waals surface area contributed by atoms with Gasteiger partial charge in [0.05, 0.1) is 11.6 Å². The van der Waals surface area contributed by atoms with Gasteiger partial charge >= 0.3 is 0 Å². The molecule has 2 aromatic carbocycles. The SMILES string of the molecule is CCc1nc(Cn2c3c(cc(-c4ccccc4C)c2=O)CN(Cc2ccc(O)c(Cl)c2)CC3)no1. The molecule has 0 amide bonds. The summed E-state index contributed by atoms with van der Waals surface area (Å²) < 4.78 is 7.11. The number of fused-ring (bicyclic) bond motifs is 1. The Labute approximate surface area is 208 Å². The van der Waals surface area contributed by atoms with Crippen LogP contribution in [0.4, 0.5) is 0 Å². The smallest absolute Gasteiger partial charge is 0.259 e. The maximum Gasteiger partial charge on any atom is 0.259 e. The summed E-state index contributed by atoms with van der Waals surface area (Å²) in [5.74, 6) is 1.16. The zero-order valence-electron chi connectivity index (χ0n) is 19.8. The second-order valence-corrected chi connectivity index (χ2v) is 9.35. The molecule has 0 spiro atoms.